The van der Waals surface area contributed by atoms with Crippen LogP contribution < -0.4 is 4.90 Å². The van der Waals surface area contributed by atoms with Gasteiger partial charge in [-0.1, -0.05) is 0 Å². The molecule has 1 N–H and O–H groups in total. The van der Waals surface area contributed by atoms with Crippen LogP contribution in [0.15, 0.2) is 18.3 Å². The molecule has 106 valence electrons. The van der Waals surface area contributed by atoms with Crippen LogP contribution in [0.2, 0.25) is 0 Å². The van der Waals surface area contributed by atoms with Crippen molar-refractivity contribution in [3.63, 3.8) is 0 Å². The number of aromatic nitrogens is 2. The zero-order valence-corrected chi connectivity index (χ0v) is 10.9. The number of amides is 1. The molecule has 20 heavy (non-hydrogen) atoms. The van der Waals surface area contributed by atoms with E-state index in [2.05, 4.69) is 10.2 Å². The minimum Gasteiger partial charge on any atom is -0.481 e. The topological polar surface area (TPSA) is 92.6 Å². The molecule has 0 aromatic carbocycles. The van der Waals surface area contributed by atoms with Crippen LogP contribution in [0.4, 0.5) is 10.6 Å². The Morgan fingerprint density at radius 3 is 2.80 bits per heavy atom. The second-order valence-corrected chi connectivity index (χ2v) is 5.33. The molecule has 0 atom stereocenters. The van der Waals surface area contributed by atoms with Gasteiger partial charge in [-0.05, 0) is 37.8 Å². The molecule has 1 aromatic heterocycles. The standard InChI is InChI=1S/C13H15N3O4/c17-11(18)9-3-5-13(6-4-9)8-16(12(19)20-13)10-2-1-7-14-15-10/h1-2,7,9H,3-6,8H2,(H,17,18)/t9-,13-. The monoisotopic (exact) mass is 277 g/mol. The van der Waals surface area contributed by atoms with Gasteiger partial charge in [-0.25, -0.2) is 4.79 Å². The Hall–Kier alpha value is -2.18. The molecule has 7 nitrogen and oxygen atoms in total. The van der Waals surface area contributed by atoms with Gasteiger partial charge in [0.25, 0.3) is 0 Å². The lowest BCUT2D eigenvalue weighted by Crippen LogP contribution is -2.40. The molecule has 1 saturated heterocycles. The highest BCUT2D eigenvalue weighted by atomic mass is 16.6. The number of carbonyl (C=O) groups is 2. The quantitative estimate of drug-likeness (QED) is 0.879. The third-order valence-electron chi connectivity index (χ3n) is 4.05. The average molecular weight is 277 g/mol. The number of carboxylic acid groups (broad SMARTS) is 1. The Morgan fingerprint density at radius 2 is 2.20 bits per heavy atom. The normalized spacial score (nSPS) is 29.5. The number of ether oxygens (including phenoxy) is 1. The molecule has 0 unspecified atom stereocenters. The fourth-order valence-electron chi connectivity index (χ4n) is 2.89. The van der Waals surface area contributed by atoms with Gasteiger partial charge in [0.2, 0.25) is 0 Å². The van der Waals surface area contributed by atoms with Crippen LogP contribution >= 0.6 is 0 Å². The van der Waals surface area contributed by atoms with E-state index in [4.69, 9.17) is 9.84 Å². The van der Waals surface area contributed by atoms with E-state index < -0.39 is 17.7 Å². The van der Waals surface area contributed by atoms with Gasteiger partial charge >= 0.3 is 12.1 Å². The molecule has 0 bridgehead atoms. The summed E-state index contributed by atoms with van der Waals surface area (Å²) in [5, 5.41) is 16.7. The van der Waals surface area contributed by atoms with Crippen LogP contribution in [0, 0.1) is 5.92 Å². The molecule has 1 aliphatic heterocycles. The Labute approximate surface area is 115 Å². The smallest absolute Gasteiger partial charge is 0.416 e. The van der Waals surface area contributed by atoms with Crippen LogP contribution in [0.25, 0.3) is 0 Å². The van der Waals surface area contributed by atoms with Crippen molar-refractivity contribution >= 4 is 17.9 Å². The van der Waals surface area contributed by atoms with E-state index in [1.165, 1.54) is 4.90 Å². The van der Waals surface area contributed by atoms with Gasteiger partial charge in [-0.2, -0.15) is 5.10 Å². The minimum absolute atomic E-state index is 0.329. The molecule has 2 fully saturated rings. The zero-order chi connectivity index (χ0) is 14.2. The summed E-state index contributed by atoms with van der Waals surface area (Å²) in [6, 6.07) is 3.41. The number of anilines is 1. The number of hydrogen-bond donors (Lipinski definition) is 1. The van der Waals surface area contributed by atoms with Gasteiger partial charge in [0.05, 0.1) is 12.5 Å². The lowest BCUT2D eigenvalue weighted by atomic mass is 9.79. The molecule has 1 amide bonds. The zero-order valence-electron chi connectivity index (χ0n) is 10.9. The lowest BCUT2D eigenvalue weighted by Gasteiger charge is -2.33. The molecular weight excluding hydrogens is 262 g/mol. The Bertz CT molecular complexity index is 526. The fourth-order valence-corrected chi connectivity index (χ4v) is 2.89. The first kappa shape index (κ1) is 12.8. The van der Waals surface area contributed by atoms with Crippen molar-refractivity contribution in [3.8, 4) is 0 Å². The molecule has 1 aliphatic carbocycles. The number of carboxylic acids is 1. The number of carbonyl (C=O) groups excluding carboxylic acids is 1. The van der Waals surface area contributed by atoms with Crippen LogP contribution in [0.3, 0.4) is 0 Å². The van der Waals surface area contributed by atoms with Crippen molar-refractivity contribution < 1.29 is 19.4 Å². The van der Waals surface area contributed by atoms with Crippen molar-refractivity contribution in [2.45, 2.75) is 31.3 Å². The molecule has 1 spiro atoms. The molecule has 2 aliphatic rings. The number of aliphatic carboxylic acids is 1. The summed E-state index contributed by atoms with van der Waals surface area (Å²) in [6.07, 6.45) is 3.34. The molecule has 7 heteroatoms. The maximum Gasteiger partial charge on any atom is 0.416 e. The van der Waals surface area contributed by atoms with Crippen LogP contribution in [-0.4, -0.2) is 39.5 Å². The van der Waals surface area contributed by atoms with Crippen molar-refractivity contribution in [1.29, 1.82) is 0 Å². The predicted molar refractivity (Wildman–Crippen MR) is 68.2 cm³/mol. The van der Waals surface area contributed by atoms with Crippen LogP contribution in [0.5, 0.6) is 0 Å². The fraction of sp³-hybridized carbons (Fsp3) is 0.538. The summed E-state index contributed by atoms with van der Waals surface area (Å²) >= 11 is 0. The van der Waals surface area contributed by atoms with Gasteiger partial charge in [0.15, 0.2) is 5.82 Å². The van der Waals surface area contributed by atoms with Crippen LogP contribution in [-0.2, 0) is 9.53 Å². The van der Waals surface area contributed by atoms with E-state index in [9.17, 15) is 9.59 Å². The summed E-state index contributed by atoms with van der Waals surface area (Å²) in [5.74, 6) is -0.630. The van der Waals surface area contributed by atoms with E-state index in [0.29, 0.717) is 38.0 Å². The Morgan fingerprint density at radius 1 is 1.45 bits per heavy atom. The van der Waals surface area contributed by atoms with Crippen molar-refractivity contribution in [2.75, 3.05) is 11.4 Å². The Kier molecular flexibility index (Phi) is 3.04. The van der Waals surface area contributed by atoms with E-state index in [-0.39, 0.29) is 5.92 Å². The molecule has 1 aromatic rings. The molecule has 1 saturated carbocycles. The first-order valence-electron chi connectivity index (χ1n) is 6.61. The third kappa shape index (κ3) is 2.19. The van der Waals surface area contributed by atoms with Gasteiger partial charge in [-0.3, -0.25) is 9.69 Å². The third-order valence-corrected chi connectivity index (χ3v) is 4.05. The average Bonchev–Trinajstić information content (AvgIpc) is 2.77. The maximum absolute atomic E-state index is 12.0. The van der Waals surface area contributed by atoms with Gasteiger partial charge in [-0.15, -0.1) is 5.10 Å². The van der Waals surface area contributed by atoms with Crippen molar-refractivity contribution in [3.05, 3.63) is 18.3 Å². The molecular formula is C13H15N3O4. The SMILES string of the molecule is O=C1O[C@]2(CC[C@H](C(=O)O)CC2)CN1c1cccnn1. The summed E-state index contributed by atoms with van der Waals surface area (Å²) < 4.78 is 5.51. The van der Waals surface area contributed by atoms with Crippen molar-refractivity contribution in [2.24, 2.45) is 5.92 Å². The summed E-state index contributed by atoms with van der Waals surface area (Å²) in [5.41, 5.74) is -0.569. The highest BCUT2D eigenvalue weighted by molar-refractivity contribution is 5.89. The van der Waals surface area contributed by atoms with E-state index >= 15 is 0 Å². The highest BCUT2D eigenvalue weighted by Crippen LogP contribution is 2.40. The van der Waals surface area contributed by atoms with Gasteiger partial charge < -0.3 is 9.84 Å². The molecule has 2 heterocycles. The number of rotatable bonds is 2. The van der Waals surface area contributed by atoms with Crippen LogP contribution in [0.1, 0.15) is 25.7 Å². The maximum atomic E-state index is 12.0. The second kappa shape index (κ2) is 4.73. The molecule has 3 rings (SSSR count). The minimum atomic E-state index is -0.769. The summed E-state index contributed by atoms with van der Waals surface area (Å²) in [6.45, 7) is 0.414. The first-order chi connectivity index (χ1) is 9.60. The number of hydrogen-bond acceptors (Lipinski definition) is 5. The van der Waals surface area contributed by atoms with E-state index in [1.807, 2.05) is 0 Å². The van der Waals surface area contributed by atoms with E-state index in [0.717, 1.165) is 0 Å². The predicted octanol–water partition coefficient (Wildman–Crippen LogP) is 1.45. The van der Waals surface area contributed by atoms with E-state index in [1.54, 1.807) is 18.3 Å². The Balaban J connectivity index is 1.73. The summed E-state index contributed by atoms with van der Waals surface area (Å²) in [4.78, 5) is 24.4. The summed E-state index contributed by atoms with van der Waals surface area (Å²) in [7, 11) is 0. The number of nitrogens with zero attached hydrogens (tertiary/aromatic N) is 3. The largest absolute Gasteiger partial charge is 0.481 e. The van der Waals surface area contributed by atoms with Crippen molar-refractivity contribution in [1.82, 2.24) is 10.2 Å². The second-order valence-electron chi connectivity index (χ2n) is 5.33. The first-order valence-corrected chi connectivity index (χ1v) is 6.61. The highest BCUT2D eigenvalue weighted by Gasteiger charge is 2.48. The van der Waals surface area contributed by atoms with Gasteiger partial charge in [0, 0.05) is 6.20 Å². The lowest BCUT2D eigenvalue weighted by molar-refractivity contribution is -0.144. The molecule has 0 radical (unpaired) electrons. The van der Waals surface area contributed by atoms with Gasteiger partial charge in [0.1, 0.15) is 5.60 Å².